The average Bonchev–Trinajstić information content (AvgIpc) is 3.03. The maximum atomic E-state index is 10.6. The lowest BCUT2D eigenvalue weighted by Crippen LogP contribution is -2.42. The third kappa shape index (κ3) is 3.17. The molecule has 5 nitrogen and oxygen atoms in total. The predicted octanol–water partition coefficient (Wildman–Crippen LogP) is 2.75. The molecule has 0 unspecified atom stereocenters. The van der Waals surface area contributed by atoms with Crippen molar-refractivity contribution in [1.82, 2.24) is 10.3 Å². The van der Waals surface area contributed by atoms with Gasteiger partial charge in [-0.1, -0.05) is 30.3 Å². The molecule has 3 rings (SSSR count). The highest BCUT2D eigenvalue weighted by atomic mass is 32.1. The summed E-state index contributed by atoms with van der Waals surface area (Å²) in [4.78, 5) is 11.9. The van der Waals surface area contributed by atoms with Crippen molar-refractivity contribution in [3.63, 3.8) is 0 Å². The van der Waals surface area contributed by atoms with Crippen LogP contribution in [0.3, 0.4) is 0 Å². The van der Waals surface area contributed by atoms with Crippen LogP contribution in [0.1, 0.15) is 10.4 Å². The summed E-state index contributed by atoms with van der Waals surface area (Å²) in [5.41, 5.74) is 2.48. The van der Waals surface area contributed by atoms with Crippen LogP contribution in [0.15, 0.2) is 41.8 Å². The Labute approximate surface area is 127 Å². The lowest BCUT2D eigenvalue weighted by molar-refractivity contribution is 0.190. The topological polar surface area (TPSA) is 55.8 Å². The molecule has 0 atom stereocenters. The van der Waals surface area contributed by atoms with Crippen LogP contribution in [0.5, 0.6) is 0 Å². The molecule has 1 amide bonds. The van der Waals surface area contributed by atoms with Gasteiger partial charge in [0.25, 0.3) is 0 Å². The number of anilines is 1. The van der Waals surface area contributed by atoms with Gasteiger partial charge in [-0.25, -0.2) is 9.80 Å². The van der Waals surface area contributed by atoms with Gasteiger partial charge in [0.2, 0.25) is 0 Å². The van der Waals surface area contributed by atoms with Gasteiger partial charge in [0.1, 0.15) is 0 Å². The molecule has 110 valence electrons. The number of thiophene rings is 1. The van der Waals surface area contributed by atoms with Crippen LogP contribution in [0.2, 0.25) is 0 Å². The number of benzene rings is 1. The van der Waals surface area contributed by atoms with Crippen molar-refractivity contribution in [2.45, 2.75) is 13.1 Å². The van der Waals surface area contributed by atoms with Crippen LogP contribution in [-0.2, 0) is 13.1 Å². The van der Waals surface area contributed by atoms with Crippen LogP contribution in [0.4, 0.5) is 10.5 Å². The summed E-state index contributed by atoms with van der Waals surface area (Å²) < 4.78 is 0. The number of hydrogen-bond donors (Lipinski definition) is 2. The second kappa shape index (κ2) is 6.15. The fourth-order valence-corrected chi connectivity index (χ4v) is 3.40. The second-order valence-corrected chi connectivity index (χ2v) is 5.89. The van der Waals surface area contributed by atoms with Crippen molar-refractivity contribution in [3.8, 4) is 0 Å². The second-order valence-electron chi connectivity index (χ2n) is 4.89. The fourth-order valence-electron chi connectivity index (χ4n) is 2.52. The van der Waals surface area contributed by atoms with E-state index in [-0.39, 0.29) is 0 Å². The standard InChI is InChI=1S/C15H17N3O2S/c19-15(20)16-7-8-17-11-14-13(6-9-21-14)18(17)10-12-4-2-1-3-5-12/h1-6,9,16H,7-8,10-11H2,(H,19,20). The summed E-state index contributed by atoms with van der Waals surface area (Å²) in [6, 6.07) is 12.4. The van der Waals surface area contributed by atoms with Crippen molar-refractivity contribution < 1.29 is 9.90 Å². The van der Waals surface area contributed by atoms with Crippen LogP contribution >= 0.6 is 11.3 Å². The highest BCUT2D eigenvalue weighted by Crippen LogP contribution is 2.36. The van der Waals surface area contributed by atoms with E-state index in [0.29, 0.717) is 13.1 Å². The predicted molar refractivity (Wildman–Crippen MR) is 83.4 cm³/mol. The molecule has 0 saturated heterocycles. The van der Waals surface area contributed by atoms with E-state index in [1.807, 2.05) is 18.2 Å². The zero-order chi connectivity index (χ0) is 14.7. The Balaban J connectivity index is 1.71. The molecule has 21 heavy (non-hydrogen) atoms. The molecular formula is C15H17N3O2S. The number of nitrogens with zero attached hydrogens (tertiary/aromatic N) is 2. The maximum absolute atomic E-state index is 10.6. The Kier molecular flexibility index (Phi) is 4.08. The van der Waals surface area contributed by atoms with Crippen molar-refractivity contribution in [1.29, 1.82) is 0 Å². The van der Waals surface area contributed by atoms with E-state index >= 15 is 0 Å². The maximum Gasteiger partial charge on any atom is 0.404 e. The van der Waals surface area contributed by atoms with Crippen molar-refractivity contribution in [2.75, 3.05) is 18.1 Å². The molecule has 6 heteroatoms. The molecule has 0 aliphatic carbocycles. The fraction of sp³-hybridized carbons (Fsp3) is 0.267. The summed E-state index contributed by atoms with van der Waals surface area (Å²) >= 11 is 1.75. The number of nitrogens with one attached hydrogen (secondary N) is 1. The van der Waals surface area contributed by atoms with Crippen LogP contribution in [0.25, 0.3) is 0 Å². The normalized spacial score (nSPS) is 14.2. The summed E-state index contributed by atoms with van der Waals surface area (Å²) in [6.45, 7) is 2.74. The largest absolute Gasteiger partial charge is 0.465 e. The molecule has 2 aromatic rings. The third-order valence-electron chi connectivity index (χ3n) is 3.49. The van der Waals surface area contributed by atoms with Crippen molar-refractivity contribution in [3.05, 3.63) is 52.2 Å². The highest BCUT2D eigenvalue weighted by molar-refractivity contribution is 7.10. The molecule has 1 aromatic heterocycles. The first-order valence-electron chi connectivity index (χ1n) is 6.83. The van der Waals surface area contributed by atoms with Crippen molar-refractivity contribution in [2.24, 2.45) is 0 Å². The number of rotatable bonds is 5. The minimum absolute atomic E-state index is 0.426. The Morgan fingerprint density at radius 1 is 1.29 bits per heavy atom. The average molecular weight is 303 g/mol. The molecule has 0 bridgehead atoms. The Bertz CT molecular complexity index is 614. The first-order chi connectivity index (χ1) is 10.2. The van der Waals surface area contributed by atoms with Gasteiger partial charge in [-0.3, -0.25) is 5.01 Å². The Hall–Kier alpha value is -2.05. The molecule has 1 aromatic carbocycles. The van der Waals surface area contributed by atoms with E-state index in [4.69, 9.17) is 5.11 Å². The molecule has 2 N–H and O–H groups in total. The summed E-state index contributed by atoms with van der Waals surface area (Å²) in [6.07, 6.45) is -0.974. The number of carboxylic acid groups (broad SMARTS) is 1. The van der Waals surface area contributed by atoms with Gasteiger partial charge < -0.3 is 10.4 Å². The van der Waals surface area contributed by atoms with Crippen LogP contribution < -0.4 is 10.3 Å². The number of carbonyl (C=O) groups is 1. The number of hydrogen-bond acceptors (Lipinski definition) is 4. The highest BCUT2D eigenvalue weighted by Gasteiger charge is 2.27. The summed E-state index contributed by atoms with van der Waals surface area (Å²) in [5, 5.41) is 17.7. The van der Waals surface area contributed by atoms with Gasteiger partial charge in [-0.15, -0.1) is 11.3 Å². The lowest BCUT2D eigenvalue weighted by Gasteiger charge is -2.30. The van der Waals surface area contributed by atoms with E-state index in [0.717, 1.165) is 13.1 Å². The molecule has 0 spiro atoms. The number of amides is 1. The minimum atomic E-state index is -0.974. The third-order valence-corrected chi connectivity index (χ3v) is 4.38. The molecule has 0 saturated carbocycles. The molecule has 1 aliphatic heterocycles. The van der Waals surface area contributed by atoms with Gasteiger partial charge >= 0.3 is 6.09 Å². The van der Waals surface area contributed by atoms with E-state index in [1.165, 1.54) is 16.1 Å². The van der Waals surface area contributed by atoms with Crippen LogP contribution in [-0.4, -0.2) is 29.3 Å². The van der Waals surface area contributed by atoms with Crippen molar-refractivity contribution >= 4 is 23.1 Å². The first-order valence-corrected chi connectivity index (χ1v) is 7.71. The molecule has 0 radical (unpaired) electrons. The van der Waals surface area contributed by atoms with E-state index in [1.54, 1.807) is 11.3 Å². The minimum Gasteiger partial charge on any atom is -0.465 e. The zero-order valence-corrected chi connectivity index (χ0v) is 12.3. The summed E-state index contributed by atoms with van der Waals surface area (Å²) in [7, 11) is 0. The lowest BCUT2D eigenvalue weighted by atomic mass is 10.2. The van der Waals surface area contributed by atoms with Gasteiger partial charge in [-0.05, 0) is 17.0 Å². The Morgan fingerprint density at radius 2 is 2.10 bits per heavy atom. The van der Waals surface area contributed by atoms with E-state index < -0.39 is 6.09 Å². The van der Waals surface area contributed by atoms with Gasteiger partial charge in [0.15, 0.2) is 0 Å². The molecule has 2 heterocycles. The number of fused-ring (bicyclic) bond motifs is 1. The zero-order valence-electron chi connectivity index (χ0n) is 11.5. The van der Waals surface area contributed by atoms with Gasteiger partial charge in [0.05, 0.1) is 18.8 Å². The first kappa shape index (κ1) is 13.9. The molecule has 1 aliphatic rings. The summed E-state index contributed by atoms with van der Waals surface area (Å²) in [5.74, 6) is 0. The van der Waals surface area contributed by atoms with Gasteiger partial charge in [-0.2, -0.15) is 0 Å². The van der Waals surface area contributed by atoms with E-state index in [2.05, 4.69) is 38.9 Å². The monoisotopic (exact) mass is 303 g/mol. The van der Waals surface area contributed by atoms with Gasteiger partial charge in [0, 0.05) is 18.0 Å². The van der Waals surface area contributed by atoms with Crippen LogP contribution in [0, 0.1) is 0 Å². The van der Waals surface area contributed by atoms with E-state index in [9.17, 15) is 4.79 Å². The SMILES string of the molecule is O=C(O)NCCN1Cc2sccc2N1Cc1ccccc1. The smallest absolute Gasteiger partial charge is 0.404 e. The molecular weight excluding hydrogens is 286 g/mol. The number of hydrazine groups is 1. The quantitative estimate of drug-likeness (QED) is 0.892. The Morgan fingerprint density at radius 3 is 2.86 bits per heavy atom. The molecule has 0 fully saturated rings.